The van der Waals surface area contributed by atoms with Crippen molar-refractivity contribution in [1.82, 2.24) is 19.9 Å². The Morgan fingerprint density at radius 1 is 1.10 bits per heavy atom. The molecule has 31 heavy (non-hydrogen) atoms. The average molecular weight is 442 g/mol. The molecule has 2 saturated heterocycles. The number of hydrogen-bond donors (Lipinski definition) is 1. The van der Waals surface area contributed by atoms with Gasteiger partial charge in [0.2, 0.25) is 5.95 Å². The third-order valence-corrected chi connectivity index (χ3v) is 5.66. The van der Waals surface area contributed by atoms with Crippen LogP contribution in [0.15, 0.2) is 24.4 Å². The van der Waals surface area contributed by atoms with E-state index in [9.17, 15) is 22.0 Å². The zero-order chi connectivity index (χ0) is 22.2. The number of aromatic nitrogens is 3. The highest BCUT2D eigenvalue weighted by atomic mass is 19.4. The van der Waals surface area contributed by atoms with Gasteiger partial charge >= 0.3 is 6.18 Å². The minimum absolute atomic E-state index is 0.0276. The molecule has 0 saturated carbocycles. The lowest BCUT2D eigenvalue weighted by molar-refractivity contribution is -0.137. The number of hydrogen-bond acceptors (Lipinski definition) is 6. The fourth-order valence-electron chi connectivity index (χ4n) is 3.87. The van der Waals surface area contributed by atoms with E-state index in [2.05, 4.69) is 32.1 Å². The summed E-state index contributed by atoms with van der Waals surface area (Å²) in [7, 11) is 0. The maximum atomic E-state index is 13.4. The Labute approximate surface area is 176 Å². The number of anilines is 3. The molecule has 0 aliphatic carbocycles. The van der Waals surface area contributed by atoms with Crippen LogP contribution in [-0.4, -0.2) is 58.5 Å². The Morgan fingerprint density at radius 2 is 1.81 bits per heavy atom. The van der Waals surface area contributed by atoms with E-state index >= 15 is 0 Å². The molecule has 0 spiro atoms. The molecule has 0 amide bonds. The Kier molecular flexibility index (Phi) is 5.71. The second-order valence-corrected chi connectivity index (χ2v) is 7.95. The first-order valence-corrected chi connectivity index (χ1v) is 10.2. The summed E-state index contributed by atoms with van der Waals surface area (Å²) in [5, 5.41) is 2.79. The Bertz CT molecular complexity index is 919. The van der Waals surface area contributed by atoms with Gasteiger partial charge in [-0.05, 0) is 44.6 Å². The number of alkyl halides is 5. The van der Waals surface area contributed by atoms with E-state index in [0.29, 0.717) is 5.69 Å². The maximum absolute atomic E-state index is 13.4. The van der Waals surface area contributed by atoms with Crippen molar-refractivity contribution in [2.75, 3.05) is 42.9 Å². The van der Waals surface area contributed by atoms with Crippen LogP contribution >= 0.6 is 0 Å². The lowest BCUT2D eigenvalue weighted by Crippen LogP contribution is -2.57. The fraction of sp³-hybridized carbons (Fsp3) is 0.550. The van der Waals surface area contributed by atoms with Crippen molar-refractivity contribution < 1.29 is 22.0 Å². The van der Waals surface area contributed by atoms with Crippen LogP contribution in [-0.2, 0) is 6.18 Å². The molecule has 0 bridgehead atoms. The first kappa shape index (κ1) is 21.7. The third-order valence-electron chi connectivity index (χ3n) is 5.66. The molecule has 0 unspecified atom stereocenters. The second-order valence-electron chi connectivity index (χ2n) is 7.95. The van der Waals surface area contributed by atoms with Crippen LogP contribution < -0.4 is 10.2 Å². The van der Waals surface area contributed by atoms with E-state index in [-0.39, 0.29) is 23.5 Å². The number of piperidine rings is 1. The fourth-order valence-corrected chi connectivity index (χ4v) is 3.87. The van der Waals surface area contributed by atoms with Crippen LogP contribution in [0.3, 0.4) is 0 Å². The molecule has 2 aliphatic rings. The van der Waals surface area contributed by atoms with Crippen molar-refractivity contribution in [2.45, 2.75) is 37.8 Å². The quantitative estimate of drug-likeness (QED) is 0.698. The molecule has 2 aliphatic heterocycles. The normalized spacial score (nSPS) is 19.9. The summed E-state index contributed by atoms with van der Waals surface area (Å²) in [6.07, 6.45) is -1.72. The van der Waals surface area contributed by atoms with Crippen LogP contribution in [0.1, 0.15) is 36.9 Å². The highest BCUT2D eigenvalue weighted by molar-refractivity contribution is 5.56. The summed E-state index contributed by atoms with van der Waals surface area (Å²) in [4.78, 5) is 16.4. The standard InChI is InChI=1S/C20H23F5N6/c1-2-30-7-4-13(5-8-30)15-10-17(29-18(27-15)31-11-19(21,22)12-31)28-16-9-14(3-6-26-16)20(23,24)25/h3,6,9-10,13H,2,4-5,7-8,11-12H2,1H3,(H,26,27,28,29). The molecule has 4 heterocycles. The minimum atomic E-state index is -4.50. The number of nitrogens with one attached hydrogen (secondary N) is 1. The van der Waals surface area contributed by atoms with Gasteiger partial charge in [-0.25, -0.2) is 18.7 Å². The van der Waals surface area contributed by atoms with Gasteiger partial charge in [0, 0.05) is 18.2 Å². The van der Waals surface area contributed by atoms with Crippen molar-refractivity contribution in [3.05, 3.63) is 35.7 Å². The number of nitrogens with zero attached hydrogens (tertiary/aromatic N) is 5. The summed E-state index contributed by atoms with van der Waals surface area (Å²) in [5.41, 5.74) is -0.140. The lowest BCUT2D eigenvalue weighted by Gasteiger charge is -2.39. The van der Waals surface area contributed by atoms with Crippen molar-refractivity contribution >= 4 is 17.6 Å². The maximum Gasteiger partial charge on any atom is 0.416 e. The van der Waals surface area contributed by atoms with Gasteiger partial charge in [0.1, 0.15) is 11.6 Å². The molecule has 11 heteroatoms. The Hall–Kier alpha value is -2.56. The van der Waals surface area contributed by atoms with E-state index in [4.69, 9.17) is 0 Å². The van der Waals surface area contributed by atoms with Crippen molar-refractivity contribution in [3.63, 3.8) is 0 Å². The summed E-state index contributed by atoms with van der Waals surface area (Å²) < 4.78 is 65.8. The van der Waals surface area contributed by atoms with Crippen LogP contribution in [0, 0.1) is 0 Å². The van der Waals surface area contributed by atoms with Gasteiger partial charge in [0.15, 0.2) is 0 Å². The van der Waals surface area contributed by atoms with Gasteiger partial charge in [-0.15, -0.1) is 0 Å². The molecule has 0 aromatic carbocycles. The smallest absolute Gasteiger partial charge is 0.329 e. The minimum Gasteiger partial charge on any atom is -0.329 e. The predicted molar refractivity (Wildman–Crippen MR) is 106 cm³/mol. The molecule has 2 aromatic heterocycles. The van der Waals surface area contributed by atoms with Crippen LogP contribution in [0.2, 0.25) is 0 Å². The monoisotopic (exact) mass is 442 g/mol. The summed E-state index contributed by atoms with van der Waals surface area (Å²) in [6.45, 7) is 3.90. The highest BCUT2D eigenvalue weighted by Gasteiger charge is 2.45. The Balaban J connectivity index is 1.61. The SMILES string of the molecule is CCN1CCC(c2cc(Nc3cc(C(F)(F)F)ccn3)nc(N3CC(F)(F)C3)n2)CC1. The van der Waals surface area contributed by atoms with Gasteiger partial charge in [-0.2, -0.15) is 18.2 Å². The topological polar surface area (TPSA) is 57.2 Å². The number of likely N-dealkylation sites (tertiary alicyclic amines) is 1. The molecule has 0 radical (unpaired) electrons. The van der Waals surface area contributed by atoms with E-state index in [0.717, 1.165) is 50.8 Å². The van der Waals surface area contributed by atoms with Crippen molar-refractivity contribution in [1.29, 1.82) is 0 Å². The molecule has 1 N–H and O–H groups in total. The van der Waals surface area contributed by atoms with Gasteiger partial charge in [-0.3, -0.25) is 0 Å². The van der Waals surface area contributed by atoms with Gasteiger partial charge < -0.3 is 15.1 Å². The molecular weight excluding hydrogens is 419 g/mol. The first-order chi connectivity index (χ1) is 14.6. The molecule has 0 atom stereocenters. The van der Waals surface area contributed by atoms with Crippen molar-refractivity contribution in [2.24, 2.45) is 0 Å². The number of pyridine rings is 1. The molecule has 2 fully saturated rings. The number of rotatable bonds is 5. The van der Waals surface area contributed by atoms with E-state index in [1.54, 1.807) is 6.07 Å². The molecule has 6 nitrogen and oxygen atoms in total. The predicted octanol–water partition coefficient (Wildman–Crippen LogP) is 4.29. The summed E-state index contributed by atoms with van der Waals surface area (Å²) >= 11 is 0. The third kappa shape index (κ3) is 5.03. The lowest BCUT2D eigenvalue weighted by atomic mass is 9.93. The zero-order valence-electron chi connectivity index (χ0n) is 17.0. The summed E-state index contributed by atoms with van der Waals surface area (Å²) in [5.74, 6) is -2.31. The van der Waals surface area contributed by atoms with Gasteiger partial charge in [0.25, 0.3) is 5.92 Å². The van der Waals surface area contributed by atoms with Gasteiger partial charge in [-0.1, -0.05) is 6.92 Å². The van der Waals surface area contributed by atoms with Crippen LogP contribution in [0.25, 0.3) is 0 Å². The molecule has 168 valence electrons. The van der Waals surface area contributed by atoms with Crippen LogP contribution in [0.4, 0.5) is 39.5 Å². The Morgan fingerprint density at radius 3 is 2.42 bits per heavy atom. The second kappa shape index (κ2) is 8.18. The molecule has 4 rings (SSSR count). The highest BCUT2D eigenvalue weighted by Crippen LogP contribution is 2.35. The average Bonchev–Trinajstić information content (AvgIpc) is 2.71. The molecular formula is C20H23F5N6. The largest absolute Gasteiger partial charge is 0.416 e. The first-order valence-electron chi connectivity index (χ1n) is 10.2. The van der Waals surface area contributed by atoms with E-state index in [1.165, 1.54) is 4.90 Å². The van der Waals surface area contributed by atoms with E-state index in [1.807, 2.05) is 0 Å². The van der Waals surface area contributed by atoms with Crippen LogP contribution in [0.5, 0.6) is 0 Å². The molecule has 2 aromatic rings. The number of halogens is 5. The zero-order valence-corrected chi connectivity index (χ0v) is 17.0. The van der Waals surface area contributed by atoms with Crippen molar-refractivity contribution in [3.8, 4) is 0 Å². The van der Waals surface area contributed by atoms with E-state index < -0.39 is 30.8 Å². The van der Waals surface area contributed by atoms with Gasteiger partial charge in [0.05, 0.1) is 24.3 Å². The summed E-state index contributed by atoms with van der Waals surface area (Å²) in [6, 6.07) is 3.44.